The Hall–Kier alpha value is 2.62. The van der Waals surface area contributed by atoms with Crippen LogP contribution in [0.3, 0.4) is 0 Å². The fourth-order valence-electron chi connectivity index (χ4n) is 0. The molecule has 0 rings (SSSR count). The van der Waals surface area contributed by atoms with E-state index in [2.05, 4.69) is 0 Å². The molecule has 7 heteroatoms. The van der Waals surface area contributed by atoms with Gasteiger partial charge in [-0.05, 0) is 0 Å². The molecule has 0 spiro atoms. The van der Waals surface area contributed by atoms with Gasteiger partial charge < -0.3 is 0 Å². The zero-order chi connectivity index (χ0) is 5.45. The molecule has 0 heterocycles. The van der Waals surface area contributed by atoms with E-state index in [0.29, 0.717) is 0 Å². The molecule has 0 radical (unpaired) electrons. The summed E-state index contributed by atoms with van der Waals surface area (Å²) in [7, 11) is 20.9. The standard InChI is InChI=1S/BrH.5ClH.Mo/h6*1H;/q;;;;;;+5/p-5. The van der Waals surface area contributed by atoms with Gasteiger partial charge in [-0.15, -0.1) is 17.0 Å². The van der Waals surface area contributed by atoms with E-state index in [1.54, 1.807) is 0 Å². The van der Waals surface area contributed by atoms with Gasteiger partial charge in [0.2, 0.25) is 0 Å². The zero-order valence-electron chi connectivity index (χ0n) is 2.71. The van der Waals surface area contributed by atoms with E-state index in [0.717, 1.165) is 0 Å². The molecular formula is HBrCl5Mo. The number of hydrogen-bond acceptors (Lipinski definition) is 0. The first-order chi connectivity index (χ1) is 2.24. The molecule has 7 heavy (non-hydrogen) atoms. The Morgan fingerprint density at radius 3 is 0.714 bits per heavy atom. The van der Waals surface area contributed by atoms with E-state index in [9.17, 15) is 0 Å². The Kier molecular flexibility index (Phi) is 5.52. The normalized spacial score (nSPS) is 16.4. The van der Waals surface area contributed by atoms with Crippen molar-refractivity contribution in [2.24, 2.45) is 0 Å². The molecule has 0 atom stereocenters. The maximum absolute atomic E-state index is 5.04. The van der Waals surface area contributed by atoms with Crippen molar-refractivity contribution in [2.45, 2.75) is 0 Å². The zero-order valence-corrected chi connectivity index (χ0v) is 10.2. The summed E-state index contributed by atoms with van der Waals surface area (Å²) < 4.78 is 0. The van der Waals surface area contributed by atoms with Crippen molar-refractivity contribution in [1.82, 2.24) is 0 Å². The quantitative estimate of drug-likeness (QED) is 0.577. The third-order valence-corrected chi connectivity index (χ3v) is 0. The number of hydrogen-bond donors (Lipinski definition) is 0. The van der Waals surface area contributed by atoms with Crippen LogP contribution < -0.4 is 0 Å². The third-order valence-electron chi connectivity index (χ3n) is 0. The van der Waals surface area contributed by atoms with Crippen molar-refractivity contribution >= 4 is 64.1 Å². The Morgan fingerprint density at radius 1 is 0.714 bits per heavy atom. The summed E-state index contributed by atoms with van der Waals surface area (Å²) in [6.45, 7) is 0. The molecule has 0 N–H and O–H groups in total. The van der Waals surface area contributed by atoms with Gasteiger partial charge in [0.25, 0.3) is 0 Å². The minimum absolute atomic E-state index is 0. The first-order valence-electron chi connectivity index (χ1n) is 0.772. The van der Waals surface area contributed by atoms with Crippen LogP contribution in [-0.4, -0.2) is 0 Å². The molecular weight excluding hydrogens is 353 g/mol. The minimum atomic E-state index is -4.26. The molecule has 0 aliphatic heterocycles. The first kappa shape index (κ1) is 12.3. The molecule has 0 saturated heterocycles. The average molecular weight is 354 g/mol. The van der Waals surface area contributed by atoms with Crippen molar-refractivity contribution in [2.75, 3.05) is 0 Å². The van der Waals surface area contributed by atoms with Gasteiger partial charge in [-0.1, -0.05) is 0 Å². The third kappa shape index (κ3) is 55.1. The molecule has 49 valence electrons. The summed E-state index contributed by atoms with van der Waals surface area (Å²) in [4.78, 5) is 0. The molecule has 0 fully saturated rings. The second-order valence-electron chi connectivity index (χ2n) is 0.583. The van der Waals surface area contributed by atoms with Crippen molar-refractivity contribution in [3.05, 3.63) is 0 Å². The number of rotatable bonds is 0. The topological polar surface area (TPSA) is 0 Å². The second kappa shape index (κ2) is 3.14. The molecule has 0 aliphatic rings. The summed E-state index contributed by atoms with van der Waals surface area (Å²) in [5, 5.41) is 0. The second-order valence-corrected chi connectivity index (χ2v) is 31.1. The van der Waals surface area contributed by atoms with Crippen LogP contribution in [0, 0.1) is 0 Å². The molecule has 0 unspecified atom stereocenters. The monoisotopic (exact) mass is 353 g/mol. The fraction of sp³-hybridized carbons (Fsp3) is 0. The predicted octanol–water partition coefficient (Wildman–Crippen LogP) is 4.02. The Balaban J connectivity index is 0. The molecule has 0 aliphatic carbocycles. The van der Waals surface area contributed by atoms with Gasteiger partial charge in [0.15, 0.2) is 0 Å². The van der Waals surface area contributed by atoms with Crippen molar-refractivity contribution in [3.63, 3.8) is 0 Å². The van der Waals surface area contributed by atoms with E-state index in [1.807, 2.05) is 0 Å². The Labute approximate surface area is 72.6 Å². The van der Waals surface area contributed by atoms with Crippen molar-refractivity contribution in [3.8, 4) is 0 Å². The molecule has 0 amide bonds. The Bertz CT molecular complexity index is 41.3. The van der Waals surface area contributed by atoms with E-state index in [-0.39, 0.29) is 17.0 Å². The van der Waals surface area contributed by atoms with Crippen LogP contribution in [-0.2, 0) is 9.60 Å². The molecule has 0 saturated carbocycles. The van der Waals surface area contributed by atoms with E-state index >= 15 is 0 Å². The SMILES string of the molecule is Br.[Cl][Mo]([Cl])([Cl])([Cl])[Cl]. The summed E-state index contributed by atoms with van der Waals surface area (Å²) in [5.41, 5.74) is 0. The van der Waals surface area contributed by atoms with Crippen molar-refractivity contribution in [1.29, 1.82) is 0 Å². The molecule has 0 aromatic carbocycles. The van der Waals surface area contributed by atoms with Gasteiger partial charge in [-0.2, -0.15) is 0 Å². The summed E-state index contributed by atoms with van der Waals surface area (Å²) >= 11 is 0. The van der Waals surface area contributed by atoms with E-state index < -0.39 is 9.60 Å². The maximum atomic E-state index is 5.04. The summed E-state index contributed by atoms with van der Waals surface area (Å²) in [5.74, 6) is 0. The summed E-state index contributed by atoms with van der Waals surface area (Å²) in [6.07, 6.45) is 0. The van der Waals surface area contributed by atoms with Gasteiger partial charge in [-0.3, -0.25) is 0 Å². The van der Waals surface area contributed by atoms with Crippen LogP contribution in [0.2, 0.25) is 0 Å². The number of halogens is 6. The van der Waals surface area contributed by atoms with Gasteiger partial charge in [-0.25, -0.2) is 0 Å². The first-order valence-corrected chi connectivity index (χ1v) is 13.7. The summed E-state index contributed by atoms with van der Waals surface area (Å²) in [6, 6.07) is 0. The molecule has 0 nitrogen and oxygen atoms in total. The van der Waals surface area contributed by atoms with Crippen LogP contribution in [0.5, 0.6) is 0 Å². The molecule has 0 aromatic rings. The van der Waals surface area contributed by atoms with E-state index in [1.165, 1.54) is 0 Å². The Morgan fingerprint density at radius 2 is 0.714 bits per heavy atom. The van der Waals surface area contributed by atoms with Gasteiger partial charge in [0.1, 0.15) is 0 Å². The fourth-order valence-corrected chi connectivity index (χ4v) is 0. The average Bonchev–Trinajstić information content (AvgIpc) is 0.650. The van der Waals surface area contributed by atoms with Crippen molar-refractivity contribution < 1.29 is 9.60 Å². The predicted molar refractivity (Wildman–Crippen MR) is 39.6 cm³/mol. The van der Waals surface area contributed by atoms with Crippen LogP contribution in [0.4, 0.5) is 0 Å². The molecule has 0 aromatic heterocycles. The van der Waals surface area contributed by atoms with Crippen LogP contribution in [0.15, 0.2) is 0 Å². The molecule has 0 bridgehead atoms. The van der Waals surface area contributed by atoms with Crippen LogP contribution in [0.1, 0.15) is 0 Å². The van der Waals surface area contributed by atoms with Crippen LogP contribution in [0.25, 0.3) is 0 Å². The van der Waals surface area contributed by atoms with Crippen LogP contribution >= 0.6 is 64.1 Å². The van der Waals surface area contributed by atoms with E-state index in [4.69, 9.17) is 47.1 Å². The van der Waals surface area contributed by atoms with Gasteiger partial charge >= 0.3 is 56.7 Å². The van der Waals surface area contributed by atoms with Gasteiger partial charge in [0, 0.05) is 0 Å². The van der Waals surface area contributed by atoms with Gasteiger partial charge in [0.05, 0.1) is 0 Å².